The quantitative estimate of drug-likeness (QED) is 0.242. The zero-order chi connectivity index (χ0) is 32.0. The van der Waals surface area contributed by atoms with Crippen molar-refractivity contribution in [2.24, 2.45) is 0 Å². The van der Waals surface area contributed by atoms with Gasteiger partial charge in [-0.25, -0.2) is 4.39 Å². The SMILES string of the molecule is BC1(B)C(=O)NC(=O)C(N(C=O)Cc2c(C)cccc2NCc2ccc(CN3CC(C)(C)OC(C)(C)C3)cc2F)C1(B)B. The summed E-state index contributed by atoms with van der Waals surface area (Å²) in [4.78, 5) is 41.8. The number of carbonyl (C=O) groups excluding carboxylic acids is 3. The van der Waals surface area contributed by atoms with Crippen molar-refractivity contribution in [2.45, 2.75) is 81.9 Å². The maximum Gasteiger partial charge on any atom is 0.248 e. The van der Waals surface area contributed by atoms with E-state index in [0.29, 0.717) is 18.5 Å². The van der Waals surface area contributed by atoms with Crippen LogP contribution in [-0.4, -0.2) is 89.7 Å². The fourth-order valence-corrected chi connectivity index (χ4v) is 6.65. The van der Waals surface area contributed by atoms with Crippen LogP contribution in [0.25, 0.3) is 0 Å². The maximum absolute atomic E-state index is 15.3. The number of amides is 3. The predicted octanol–water partition coefficient (Wildman–Crippen LogP) is -0.116. The molecule has 0 saturated carbocycles. The molecule has 2 aliphatic heterocycles. The van der Waals surface area contributed by atoms with Crippen LogP contribution in [0.3, 0.4) is 0 Å². The summed E-state index contributed by atoms with van der Waals surface area (Å²) in [5, 5.41) is 4.11. The number of halogens is 1. The van der Waals surface area contributed by atoms with Crippen LogP contribution < -0.4 is 10.6 Å². The van der Waals surface area contributed by atoms with Gasteiger partial charge in [0.15, 0.2) is 0 Å². The number of aryl methyl sites for hydroxylation is 1. The van der Waals surface area contributed by atoms with E-state index >= 15 is 4.39 Å². The van der Waals surface area contributed by atoms with Crippen molar-refractivity contribution in [3.05, 3.63) is 64.5 Å². The summed E-state index contributed by atoms with van der Waals surface area (Å²) in [6.07, 6.45) is 0.670. The Morgan fingerprint density at radius 1 is 1.09 bits per heavy atom. The molecule has 2 fully saturated rings. The van der Waals surface area contributed by atoms with E-state index in [0.717, 1.165) is 35.5 Å². The number of nitrogens with zero attached hydrogens (tertiary/aromatic N) is 2. The third-order valence-corrected chi connectivity index (χ3v) is 9.32. The lowest BCUT2D eigenvalue weighted by Crippen LogP contribution is -2.66. The number of piperidine rings is 1. The minimum absolute atomic E-state index is 0.151. The van der Waals surface area contributed by atoms with E-state index in [4.69, 9.17) is 4.74 Å². The lowest BCUT2D eigenvalue weighted by Gasteiger charge is -2.52. The van der Waals surface area contributed by atoms with E-state index in [1.807, 2.05) is 52.9 Å². The summed E-state index contributed by atoms with van der Waals surface area (Å²) < 4.78 is 21.5. The Hall–Kier alpha value is -3.04. The van der Waals surface area contributed by atoms with Crippen molar-refractivity contribution in [3.8, 4) is 0 Å². The molecule has 1 unspecified atom stereocenters. The van der Waals surface area contributed by atoms with Crippen LogP contribution in [0.15, 0.2) is 36.4 Å². The lowest BCUT2D eigenvalue weighted by atomic mass is 9.26. The molecule has 4 rings (SSSR count). The Kier molecular flexibility index (Phi) is 9.02. The number of hydrogen-bond donors (Lipinski definition) is 2. The van der Waals surface area contributed by atoms with Crippen LogP contribution in [0.2, 0.25) is 10.4 Å². The molecule has 2 aromatic carbocycles. The second-order valence-electron chi connectivity index (χ2n) is 14.5. The molecule has 0 bridgehead atoms. The van der Waals surface area contributed by atoms with Crippen molar-refractivity contribution in [1.82, 2.24) is 15.1 Å². The van der Waals surface area contributed by atoms with Crippen LogP contribution >= 0.6 is 0 Å². The molecular formula is C30H43B4FN4O4. The number of morpholine rings is 1. The van der Waals surface area contributed by atoms with Gasteiger partial charge in [-0.3, -0.25) is 24.6 Å². The number of hydrogen-bond acceptors (Lipinski definition) is 6. The van der Waals surface area contributed by atoms with Gasteiger partial charge >= 0.3 is 0 Å². The average molecular weight is 586 g/mol. The predicted molar refractivity (Wildman–Crippen MR) is 178 cm³/mol. The Morgan fingerprint density at radius 2 is 1.74 bits per heavy atom. The number of ether oxygens (including phenoxy) is 1. The van der Waals surface area contributed by atoms with Gasteiger partial charge in [0.05, 0.1) is 11.2 Å². The Balaban J connectivity index is 1.50. The standard InChI is InChI=1S/C30H43B4FN4O4/c1-18-7-6-8-23(21(18)14-39(17-40)24-25(41)37-26(42)30(33,34)29(24,31)32)36-12-20-10-9-19(11-22(20)35)13-38-15-27(2,3)43-28(4,5)16-38/h6-11,17,24,36H,12-16,31-34H2,1-5H3,(H,37,41,42). The number of rotatable bonds is 9. The first-order valence-electron chi connectivity index (χ1n) is 15.0. The first-order chi connectivity index (χ1) is 19.9. The van der Waals surface area contributed by atoms with Gasteiger partial charge in [0.1, 0.15) is 43.2 Å². The summed E-state index contributed by atoms with van der Waals surface area (Å²) in [6.45, 7) is 12.8. The summed E-state index contributed by atoms with van der Waals surface area (Å²) in [5.74, 6) is -1.13. The first-order valence-corrected chi connectivity index (χ1v) is 15.0. The van der Waals surface area contributed by atoms with E-state index < -0.39 is 22.4 Å². The molecule has 1 atom stereocenters. The summed E-state index contributed by atoms with van der Waals surface area (Å²) >= 11 is 0. The second kappa shape index (κ2) is 11.8. The highest BCUT2D eigenvalue weighted by molar-refractivity contribution is 6.63. The summed E-state index contributed by atoms with van der Waals surface area (Å²) in [6, 6.07) is 10.3. The third kappa shape index (κ3) is 6.88. The molecule has 0 spiro atoms. The Morgan fingerprint density at radius 3 is 2.35 bits per heavy atom. The lowest BCUT2D eigenvalue weighted by molar-refractivity contribution is -0.182. The van der Waals surface area contributed by atoms with Gasteiger partial charge in [-0.15, -0.1) is 0 Å². The molecule has 43 heavy (non-hydrogen) atoms. The molecule has 3 amide bonds. The molecule has 2 N–H and O–H groups in total. The highest BCUT2D eigenvalue weighted by Crippen LogP contribution is 2.49. The molecular weight excluding hydrogens is 543 g/mol. The molecule has 2 saturated heterocycles. The Labute approximate surface area is 258 Å². The van der Waals surface area contributed by atoms with E-state index in [1.54, 1.807) is 21.8 Å². The van der Waals surface area contributed by atoms with Crippen molar-refractivity contribution < 1.29 is 23.5 Å². The van der Waals surface area contributed by atoms with Crippen molar-refractivity contribution in [3.63, 3.8) is 0 Å². The fourth-order valence-electron chi connectivity index (χ4n) is 6.65. The highest BCUT2D eigenvalue weighted by atomic mass is 19.1. The number of nitrogens with one attached hydrogen (secondary N) is 2. The van der Waals surface area contributed by atoms with Gasteiger partial charge in [0.2, 0.25) is 18.2 Å². The third-order valence-electron chi connectivity index (χ3n) is 9.32. The van der Waals surface area contributed by atoms with E-state index in [1.165, 1.54) is 4.90 Å². The number of anilines is 1. The maximum atomic E-state index is 15.3. The molecule has 226 valence electrons. The van der Waals surface area contributed by atoms with Crippen molar-refractivity contribution in [1.29, 1.82) is 0 Å². The largest absolute Gasteiger partial charge is 0.381 e. The molecule has 0 aromatic heterocycles. The smallest absolute Gasteiger partial charge is 0.248 e. The number of benzene rings is 2. The minimum Gasteiger partial charge on any atom is -0.381 e. The number of imide groups is 1. The zero-order valence-electron chi connectivity index (χ0n) is 27.1. The van der Waals surface area contributed by atoms with Gasteiger partial charge in [-0.1, -0.05) is 29.5 Å². The van der Waals surface area contributed by atoms with Gasteiger partial charge in [-0.2, -0.15) is 0 Å². The van der Waals surface area contributed by atoms with Gasteiger partial charge in [0, 0.05) is 44.0 Å². The van der Waals surface area contributed by atoms with Gasteiger partial charge in [0.25, 0.3) is 0 Å². The minimum atomic E-state index is -0.877. The van der Waals surface area contributed by atoms with Crippen molar-refractivity contribution in [2.75, 3.05) is 18.4 Å². The van der Waals surface area contributed by atoms with Gasteiger partial charge in [-0.05, 0) is 68.7 Å². The molecule has 0 radical (unpaired) electrons. The van der Waals surface area contributed by atoms with Crippen LogP contribution in [0, 0.1) is 12.7 Å². The molecule has 2 heterocycles. The fraction of sp³-hybridized carbons (Fsp3) is 0.500. The normalized spacial score (nSPS) is 22.4. The second-order valence-corrected chi connectivity index (χ2v) is 14.5. The topological polar surface area (TPSA) is 91.0 Å². The molecule has 8 nitrogen and oxygen atoms in total. The summed E-state index contributed by atoms with van der Waals surface area (Å²) in [5.41, 5.74) is 3.37. The van der Waals surface area contributed by atoms with Crippen LogP contribution in [0.1, 0.15) is 49.9 Å². The molecule has 0 aliphatic carbocycles. The monoisotopic (exact) mass is 586 g/mol. The average Bonchev–Trinajstić information content (AvgIpc) is 2.86. The summed E-state index contributed by atoms with van der Waals surface area (Å²) in [7, 11) is 7.26. The van der Waals surface area contributed by atoms with Gasteiger partial charge < -0.3 is 15.0 Å². The van der Waals surface area contributed by atoms with Crippen LogP contribution in [0.4, 0.5) is 10.1 Å². The van der Waals surface area contributed by atoms with E-state index in [2.05, 4.69) is 43.2 Å². The van der Waals surface area contributed by atoms with Crippen molar-refractivity contribution >= 4 is 55.3 Å². The first kappa shape index (κ1) is 32.9. The highest BCUT2D eigenvalue weighted by Gasteiger charge is 2.56. The molecule has 13 heteroatoms. The van der Waals surface area contributed by atoms with E-state index in [-0.39, 0.29) is 36.0 Å². The molecule has 2 aliphatic rings. The zero-order valence-corrected chi connectivity index (χ0v) is 27.1. The van der Waals surface area contributed by atoms with E-state index in [9.17, 15) is 14.4 Å². The number of carbonyl (C=O) groups is 3. The van der Waals surface area contributed by atoms with Crippen LogP contribution in [-0.2, 0) is 38.8 Å². The van der Waals surface area contributed by atoms with Crippen LogP contribution in [0.5, 0.6) is 0 Å². The Bertz CT molecular complexity index is 1400. The molecule has 2 aromatic rings.